The van der Waals surface area contributed by atoms with Crippen LogP contribution in [0.5, 0.6) is 0 Å². The first kappa shape index (κ1) is 20.2. The Kier molecular flexibility index (Phi) is 5.25. The van der Waals surface area contributed by atoms with E-state index in [4.69, 9.17) is 4.74 Å². The lowest BCUT2D eigenvalue weighted by molar-refractivity contribution is 0.0729. The Hall–Kier alpha value is -2.75. The topological polar surface area (TPSA) is 95.6 Å². The lowest BCUT2D eigenvalue weighted by atomic mass is 10.1. The van der Waals surface area contributed by atoms with E-state index in [2.05, 4.69) is 9.97 Å². The van der Waals surface area contributed by atoms with Gasteiger partial charge in [-0.15, -0.1) is 0 Å². The number of sulfonamides is 1. The van der Waals surface area contributed by atoms with E-state index < -0.39 is 10.0 Å². The lowest BCUT2D eigenvalue weighted by Crippen LogP contribution is -2.40. The third-order valence-corrected chi connectivity index (χ3v) is 7.86. The first-order chi connectivity index (χ1) is 15.0. The van der Waals surface area contributed by atoms with Crippen LogP contribution in [0.2, 0.25) is 0 Å². The molecule has 1 N–H and O–H groups in total. The highest BCUT2D eigenvalue weighted by Gasteiger charge is 2.33. The highest BCUT2D eigenvalue weighted by molar-refractivity contribution is 7.89. The molecule has 2 aromatic carbocycles. The van der Waals surface area contributed by atoms with Crippen molar-refractivity contribution in [1.82, 2.24) is 19.2 Å². The molecule has 2 aliphatic rings. The Morgan fingerprint density at radius 2 is 1.77 bits per heavy atom. The summed E-state index contributed by atoms with van der Waals surface area (Å²) in [6, 6.07) is 13.9. The Morgan fingerprint density at radius 1 is 1.03 bits per heavy atom. The molecule has 2 fully saturated rings. The van der Waals surface area contributed by atoms with Crippen molar-refractivity contribution in [3.05, 3.63) is 59.9 Å². The summed E-state index contributed by atoms with van der Waals surface area (Å²) < 4.78 is 32.3. The number of amides is 1. The van der Waals surface area contributed by atoms with Gasteiger partial charge in [-0.25, -0.2) is 13.4 Å². The normalized spacial score (nSPS) is 20.4. The largest absolute Gasteiger partial charge is 0.379 e. The number of nitrogens with zero attached hydrogens (tertiary/aromatic N) is 3. The molecule has 8 nitrogen and oxygen atoms in total. The minimum absolute atomic E-state index is 0.113. The van der Waals surface area contributed by atoms with Gasteiger partial charge in [0.2, 0.25) is 10.0 Å². The second-order valence-corrected chi connectivity index (χ2v) is 9.77. The maximum absolute atomic E-state index is 13.2. The maximum atomic E-state index is 13.2. The lowest BCUT2D eigenvalue weighted by Gasteiger charge is -2.26. The molecule has 0 unspecified atom stereocenters. The fourth-order valence-electron chi connectivity index (χ4n) is 4.30. The molecular formula is C22H24N4O4S. The molecule has 2 aliphatic heterocycles. The number of para-hydroxylation sites is 2. The van der Waals surface area contributed by atoms with Crippen molar-refractivity contribution >= 4 is 27.0 Å². The second-order valence-electron chi connectivity index (χ2n) is 7.84. The van der Waals surface area contributed by atoms with Crippen molar-refractivity contribution in [3.63, 3.8) is 0 Å². The Labute approximate surface area is 180 Å². The number of ether oxygens (including phenoxy) is 1. The average molecular weight is 441 g/mol. The number of imidazole rings is 1. The van der Waals surface area contributed by atoms with E-state index in [9.17, 15) is 13.2 Å². The minimum atomic E-state index is -3.58. The molecular weight excluding hydrogens is 416 g/mol. The van der Waals surface area contributed by atoms with Crippen LogP contribution in [0.1, 0.15) is 35.1 Å². The Bertz CT molecular complexity index is 1170. The number of carbonyl (C=O) groups excluding carboxylic acids is 1. The molecule has 3 aromatic rings. The Morgan fingerprint density at radius 3 is 2.52 bits per heavy atom. The Balaban J connectivity index is 1.36. The summed E-state index contributed by atoms with van der Waals surface area (Å²) in [5.41, 5.74) is 2.31. The molecule has 162 valence electrons. The molecule has 31 heavy (non-hydrogen) atoms. The van der Waals surface area contributed by atoms with Crippen molar-refractivity contribution in [1.29, 1.82) is 0 Å². The molecule has 0 bridgehead atoms. The van der Waals surface area contributed by atoms with E-state index in [0.717, 1.165) is 29.7 Å². The van der Waals surface area contributed by atoms with Crippen molar-refractivity contribution in [2.75, 3.05) is 32.8 Å². The summed E-state index contributed by atoms with van der Waals surface area (Å²) >= 11 is 0. The number of fused-ring (bicyclic) bond motifs is 1. The van der Waals surface area contributed by atoms with Crippen LogP contribution in [0.25, 0.3) is 11.0 Å². The van der Waals surface area contributed by atoms with Crippen LogP contribution in [0, 0.1) is 0 Å². The number of hydrogen-bond acceptors (Lipinski definition) is 5. The van der Waals surface area contributed by atoms with E-state index in [1.807, 2.05) is 29.2 Å². The number of aromatic nitrogens is 2. The van der Waals surface area contributed by atoms with Gasteiger partial charge in [-0.1, -0.05) is 12.1 Å². The van der Waals surface area contributed by atoms with Crippen LogP contribution in [0.3, 0.4) is 0 Å². The number of aromatic amines is 1. The standard InChI is InChI=1S/C22H24N4O4S/c27-22(16-7-9-17(10-8-16)31(28,29)25-12-14-30-15-13-25)26-11-3-6-20(26)21-23-18-4-1-2-5-19(18)24-21/h1-2,4-5,7-10,20H,3,6,11-15H2,(H,23,24)/t20-/m0/s1. The van der Waals surface area contributed by atoms with E-state index in [-0.39, 0.29) is 16.8 Å². The molecule has 0 saturated carbocycles. The van der Waals surface area contributed by atoms with E-state index in [1.165, 1.54) is 16.4 Å². The molecule has 5 rings (SSSR count). The van der Waals surface area contributed by atoms with Gasteiger partial charge in [0.05, 0.1) is 35.2 Å². The van der Waals surface area contributed by atoms with Crippen LogP contribution in [-0.2, 0) is 14.8 Å². The molecule has 9 heteroatoms. The number of carbonyl (C=O) groups is 1. The number of rotatable bonds is 4. The summed E-state index contributed by atoms with van der Waals surface area (Å²) in [5, 5.41) is 0. The van der Waals surface area contributed by atoms with E-state index >= 15 is 0 Å². The number of H-pyrrole nitrogens is 1. The fourth-order valence-corrected chi connectivity index (χ4v) is 5.70. The fraction of sp³-hybridized carbons (Fsp3) is 0.364. The smallest absolute Gasteiger partial charge is 0.254 e. The molecule has 3 heterocycles. The van der Waals surface area contributed by atoms with Gasteiger partial charge in [0.15, 0.2) is 0 Å². The van der Waals surface area contributed by atoms with E-state index in [0.29, 0.717) is 38.4 Å². The average Bonchev–Trinajstić information content (AvgIpc) is 3.46. The maximum Gasteiger partial charge on any atom is 0.254 e. The SMILES string of the molecule is O=C(c1ccc(S(=O)(=O)N2CCOCC2)cc1)N1CCC[C@H]1c1nc2ccccc2[nH]1. The van der Waals surface area contributed by atoms with Gasteiger partial charge in [-0.2, -0.15) is 4.31 Å². The third-order valence-electron chi connectivity index (χ3n) is 5.95. The van der Waals surface area contributed by atoms with Crippen LogP contribution >= 0.6 is 0 Å². The molecule has 2 saturated heterocycles. The van der Waals surface area contributed by atoms with Crippen molar-refractivity contribution in [2.45, 2.75) is 23.8 Å². The summed E-state index contributed by atoms with van der Waals surface area (Å²) in [6.45, 7) is 2.13. The zero-order valence-corrected chi connectivity index (χ0v) is 17.8. The van der Waals surface area contributed by atoms with Gasteiger partial charge in [-0.3, -0.25) is 4.79 Å². The van der Waals surface area contributed by atoms with Crippen LogP contribution in [0.4, 0.5) is 0 Å². The van der Waals surface area contributed by atoms with Gasteiger partial charge >= 0.3 is 0 Å². The minimum Gasteiger partial charge on any atom is -0.379 e. The first-order valence-corrected chi connectivity index (χ1v) is 11.9. The molecule has 1 atom stereocenters. The predicted molar refractivity (Wildman–Crippen MR) is 115 cm³/mol. The summed E-state index contributed by atoms with van der Waals surface area (Å²) in [7, 11) is -3.58. The first-order valence-electron chi connectivity index (χ1n) is 10.5. The third kappa shape index (κ3) is 3.73. The number of benzene rings is 2. The van der Waals surface area contributed by atoms with Crippen LogP contribution in [0.15, 0.2) is 53.4 Å². The number of nitrogens with one attached hydrogen (secondary N) is 1. The van der Waals surface area contributed by atoms with Gasteiger partial charge in [0.1, 0.15) is 5.82 Å². The zero-order chi connectivity index (χ0) is 21.4. The summed E-state index contributed by atoms with van der Waals surface area (Å²) in [4.78, 5) is 23.2. The molecule has 0 aliphatic carbocycles. The zero-order valence-electron chi connectivity index (χ0n) is 17.0. The summed E-state index contributed by atoms with van der Waals surface area (Å²) in [6.07, 6.45) is 1.74. The molecule has 0 radical (unpaired) electrons. The van der Waals surface area contributed by atoms with Crippen LogP contribution < -0.4 is 0 Å². The predicted octanol–water partition coefficient (Wildman–Crippen LogP) is 2.56. The molecule has 1 aromatic heterocycles. The second kappa shape index (κ2) is 8.07. The van der Waals surface area contributed by atoms with Gasteiger partial charge < -0.3 is 14.6 Å². The van der Waals surface area contributed by atoms with Crippen molar-refractivity contribution in [2.24, 2.45) is 0 Å². The van der Waals surface area contributed by atoms with Gasteiger partial charge in [0.25, 0.3) is 5.91 Å². The van der Waals surface area contributed by atoms with Gasteiger partial charge in [0, 0.05) is 25.2 Å². The molecule has 1 amide bonds. The quantitative estimate of drug-likeness (QED) is 0.673. The number of morpholine rings is 1. The van der Waals surface area contributed by atoms with Crippen LogP contribution in [-0.4, -0.2) is 66.3 Å². The van der Waals surface area contributed by atoms with Crippen molar-refractivity contribution in [3.8, 4) is 0 Å². The summed E-state index contributed by atoms with van der Waals surface area (Å²) in [5.74, 6) is 0.678. The van der Waals surface area contributed by atoms with E-state index in [1.54, 1.807) is 12.1 Å². The van der Waals surface area contributed by atoms with Gasteiger partial charge in [-0.05, 0) is 49.2 Å². The highest BCUT2D eigenvalue weighted by atomic mass is 32.2. The monoisotopic (exact) mass is 440 g/mol. The number of hydrogen-bond donors (Lipinski definition) is 1. The molecule has 0 spiro atoms. The highest BCUT2D eigenvalue weighted by Crippen LogP contribution is 2.33. The number of likely N-dealkylation sites (tertiary alicyclic amines) is 1. The van der Waals surface area contributed by atoms with Crippen molar-refractivity contribution < 1.29 is 17.9 Å².